The molecule has 5 heteroatoms. The molecule has 1 aromatic carbocycles. The van der Waals surface area contributed by atoms with Crippen LogP contribution >= 0.6 is 0 Å². The van der Waals surface area contributed by atoms with Gasteiger partial charge in [0.2, 0.25) is 11.8 Å². The molecule has 2 amide bonds. The number of amides is 2. The van der Waals surface area contributed by atoms with Crippen LogP contribution in [0.1, 0.15) is 70.8 Å². The largest absolute Gasteiger partial charge is 0.334 e. The fourth-order valence-electron chi connectivity index (χ4n) is 7.55. The molecule has 4 aliphatic rings. The summed E-state index contributed by atoms with van der Waals surface area (Å²) in [6, 6.07) is 11.2. The molecule has 0 radical (unpaired) electrons. The molecule has 1 aliphatic carbocycles. The predicted molar refractivity (Wildman–Crippen MR) is 126 cm³/mol. The molecule has 0 unspecified atom stereocenters. The third kappa shape index (κ3) is 3.76. The van der Waals surface area contributed by atoms with Gasteiger partial charge >= 0.3 is 0 Å². The van der Waals surface area contributed by atoms with Crippen molar-refractivity contribution >= 4 is 11.8 Å². The summed E-state index contributed by atoms with van der Waals surface area (Å²) in [5.41, 5.74) is 1.27. The topological polar surface area (TPSA) is 43.9 Å². The number of fused-ring (bicyclic) bond motifs is 1. The van der Waals surface area contributed by atoms with Crippen LogP contribution in [-0.2, 0) is 16.0 Å². The standard InChI is InChI=1S/C27H39N3O2/c1-20(31)29-22(17-21-11-5-3-6-12-21)23-18-27(2)24(29)13-7-8-14-25(27)30(23)26(32)19-28-15-9-4-10-16-28/h3,5-6,11-12,22-25H,4,7-10,13-19H2,1-2H3/t22-,23+,24-,25+,27-/m1/s1. The quantitative estimate of drug-likeness (QED) is 0.718. The first-order chi connectivity index (χ1) is 15.5. The van der Waals surface area contributed by atoms with Gasteiger partial charge in [-0.2, -0.15) is 0 Å². The van der Waals surface area contributed by atoms with Crippen LogP contribution < -0.4 is 0 Å². The van der Waals surface area contributed by atoms with Crippen LogP contribution in [0.15, 0.2) is 30.3 Å². The number of nitrogens with zero attached hydrogens (tertiary/aromatic N) is 3. The Morgan fingerprint density at radius 1 is 0.938 bits per heavy atom. The van der Waals surface area contributed by atoms with Gasteiger partial charge < -0.3 is 9.80 Å². The number of likely N-dealkylation sites (tertiary alicyclic amines) is 3. The van der Waals surface area contributed by atoms with Gasteiger partial charge in [0.05, 0.1) is 18.6 Å². The number of carbonyl (C=O) groups is 2. The zero-order valence-corrected chi connectivity index (χ0v) is 19.8. The van der Waals surface area contributed by atoms with E-state index in [-0.39, 0.29) is 35.5 Å². The Kier molecular flexibility index (Phi) is 6.04. The number of benzene rings is 1. The molecule has 4 fully saturated rings. The minimum atomic E-state index is 0.0115. The van der Waals surface area contributed by atoms with E-state index < -0.39 is 0 Å². The summed E-state index contributed by atoms with van der Waals surface area (Å²) < 4.78 is 0. The van der Waals surface area contributed by atoms with Crippen molar-refractivity contribution in [3.8, 4) is 0 Å². The summed E-state index contributed by atoms with van der Waals surface area (Å²) in [6.07, 6.45) is 10.0. The zero-order valence-electron chi connectivity index (χ0n) is 19.8. The van der Waals surface area contributed by atoms with Gasteiger partial charge in [0, 0.05) is 24.4 Å². The lowest BCUT2D eigenvalue weighted by molar-refractivity contribution is -0.143. The highest BCUT2D eigenvalue weighted by Crippen LogP contribution is 2.55. The fraction of sp³-hybridized carbons (Fsp3) is 0.704. The monoisotopic (exact) mass is 437 g/mol. The smallest absolute Gasteiger partial charge is 0.237 e. The van der Waals surface area contributed by atoms with Gasteiger partial charge in [-0.05, 0) is 57.2 Å². The third-order valence-electron chi connectivity index (χ3n) is 8.95. The van der Waals surface area contributed by atoms with Crippen LogP contribution in [0.4, 0.5) is 0 Å². The third-order valence-corrected chi connectivity index (χ3v) is 8.95. The number of piperidine rings is 2. The highest BCUT2D eigenvalue weighted by molar-refractivity contribution is 5.81. The van der Waals surface area contributed by atoms with Gasteiger partial charge in [-0.15, -0.1) is 0 Å². The average molecular weight is 438 g/mol. The lowest BCUT2D eigenvalue weighted by Crippen LogP contribution is -2.61. The Morgan fingerprint density at radius 3 is 2.25 bits per heavy atom. The minimum Gasteiger partial charge on any atom is -0.334 e. The van der Waals surface area contributed by atoms with E-state index in [4.69, 9.17) is 0 Å². The Hall–Kier alpha value is -1.88. The summed E-state index contributed by atoms with van der Waals surface area (Å²) in [6.45, 7) is 6.75. The van der Waals surface area contributed by atoms with Crippen molar-refractivity contribution in [2.24, 2.45) is 5.41 Å². The predicted octanol–water partition coefficient (Wildman–Crippen LogP) is 3.86. The molecule has 5 atom stereocenters. The van der Waals surface area contributed by atoms with Gasteiger partial charge in [0.25, 0.3) is 0 Å². The van der Waals surface area contributed by atoms with Gasteiger partial charge in [-0.3, -0.25) is 14.5 Å². The molecule has 0 aromatic heterocycles. The molecule has 0 spiro atoms. The van der Waals surface area contributed by atoms with Crippen LogP contribution in [0, 0.1) is 5.41 Å². The van der Waals surface area contributed by atoms with Crippen LogP contribution in [0.3, 0.4) is 0 Å². The first-order valence-electron chi connectivity index (χ1n) is 12.9. The second-order valence-corrected chi connectivity index (χ2v) is 10.9. The van der Waals surface area contributed by atoms with E-state index in [1.165, 1.54) is 24.8 Å². The molecular formula is C27H39N3O2. The normalized spacial score (nSPS) is 34.9. The first kappa shape index (κ1) is 21.9. The summed E-state index contributed by atoms with van der Waals surface area (Å²) in [5.74, 6) is 0.479. The van der Waals surface area contributed by atoms with Crippen molar-refractivity contribution < 1.29 is 9.59 Å². The highest BCUT2D eigenvalue weighted by Gasteiger charge is 2.63. The second-order valence-electron chi connectivity index (χ2n) is 10.9. The molecule has 3 heterocycles. The van der Waals surface area contributed by atoms with E-state index in [1.807, 2.05) is 6.07 Å². The molecule has 2 bridgehead atoms. The van der Waals surface area contributed by atoms with E-state index in [0.717, 1.165) is 51.6 Å². The van der Waals surface area contributed by atoms with E-state index in [0.29, 0.717) is 12.5 Å². The number of hydrogen-bond donors (Lipinski definition) is 0. The SMILES string of the molecule is CC(=O)N1[C@H](Cc2ccccc2)[C@@H]2C[C@@]3(C)[C@H](CCCC[C@@H]13)N2C(=O)CN1CCCCC1. The molecule has 5 rings (SSSR count). The highest BCUT2D eigenvalue weighted by atomic mass is 16.2. The van der Waals surface area contributed by atoms with Gasteiger partial charge in [0.15, 0.2) is 0 Å². The van der Waals surface area contributed by atoms with Gasteiger partial charge in [-0.1, -0.05) is 56.5 Å². The Labute approximate surface area is 193 Å². The van der Waals surface area contributed by atoms with Crippen LogP contribution in [0.2, 0.25) is 0 Å². The molecule has 1 saturated carbocycles. The lowest BCUT2D eigenvalue weighted by atomic mass is 9.69. The maximum Gasteiger partial charge on any atom is 0.237 e. The molecule has 3 saturated heterocycles. The molecule has 3 aliphatic heterocycles. The van der Waals surface area contributed by atoms with Gasteiger partial charge in [-0.25, -0.2) is 0 Å². The number of carbonyl (C=O) groups excluding carboxylic acids is 2. The van der Waals surface area contributed by atoms with Crippen LogP contribution in [0.5, 0.6) is 0 Å². The molecule has 174 valence electrons. The van der Waals surface area contributed by atoms with E-state index in [9.17, 15) is 9.59 Å². The summed E-state index contributed by atoms with van der Waals surface area (Å²) in [7, 11) is 0. The van der Waals surface area contributed by atoms with Crippen molar-refractivity contribution in [3.63, 3.8) is 0 Å². The maximum absolute atomic E-state index is 13.9. The molecular weight excluding hydrogens is 398 g/mol. The minimum absolute atomic E-state index is 0.0115. The Bertz CT molecular complexity index is 837. The summed E-state index contributed by atoms with van der Waals surface area (Å²) in [5, 5.41) is 0. The van der Waals surface area contributed by atoms with Crippen molar-refractivity contribution in [2.75, 3.05) is 19.6 Å². The maximum atomic E-state index is 13.9. The van der Waals surface area contributed by atoms with Crippen molar-refractivity contribution in [1.29, 1.82) is 0 Å². The van der Waals surface area contributed by atoms with E-state index in [1.54, 1.807) is 6.92 Å². The van der Waals surface area contributed by atoms with E-state index in [2.05, 4.69) is 45.9 Å². The fourth-order valence-corrected chi connectivity index (χ4v) is 7.55. The van der Waals surface area contributed by atoms with Crippen LogP contribution in [-0.4, -0.2) is 70.3 Å². The number of hydrogen-bond acceptors (Lipinski definition) is 3. The first-order valence-corrected chi connectivity index (χ1v) is 12.9. The Morgan fingerprint density at radius 2 is 1.59 bits per heavy atom. The van der Waals surface area contributed by atoms with Crippen molar-refractivity contribution in [1.82, 2.24) is 14.7 Å². The van der Waals surface area contributed by atoms with Crippen molar-refractivity contribution in [2.45, 2.75) is 95.8 Å². The zero-order chi connectivity index (χ0) is 22.3. The van der Waals surface area contributed by atoms with E-state index >= 15 is 0 Å². The lowest BCUT2D eigenvalue weighted by Gasteiger charge is -2.50. The average Bonchev–Trinajstić information content (AvgIpc) is 2.94. The summed E-state index contributed by atoms with van der Waals surface area (Å²) in [4.78, 5) is 33.8. The van der Waals surface area contributed by atoms with Gasteiger partial charge in [0.1, 0.15) is 0 Å². The van der Waals surface area contributed by atoms with Crippen molar-refractivity contribution in [3.05, 3.63) is 35.9 Å². The molecule has 0 N–H and O–H groups in total. The Balaban J connectivity index is 1.50. The number of rotatable bonds is 4. The summed E-state index contributed by atoms with van der Waals surface area (Å²) >= 11 is 0. The molecule has 1 aromatic rings. The van der Waals surface area contributed by atoms with Crippen LogP contribution in [0.25, 0.3) is 0 Å². The second kappa shape index (κ2) is 8.81. The molecule has 5 nitrogen and oxygen atoms in total. The molecule has 32 heavy (non-hydrogen) atoms.